The van der Waals surface area contributed by atoms with E-state index >= 15 is 0 Å². The highest BCUT2D eigenvalue weighted by Gasteiger charge is 2.19. The Kier molecular flexibility index (Phi) is 24.1. The highest BCUT2D eigenvalue weighted by molar-refractivity contribution is 5.69. The Morgan fingerprint density at radius 1 is 0.208 bits per heavy atom. The van der Waals surface area contributed by atoms with Gasteiger partial charge in [-0.25, -0.2) is 27.4 Å². The van der Waals surface area contributed by atoms with E-state index < -0.39 is 6.85 Å². The van der Waals surface area contributed by atoms with Crippen LogP contribution in [0.15, 0.2) is 219 Å². The first-order valence-electron chi connectivity index (χ1n) is 35.0. The molecule has 96 heavy (non-hydrogen) atoms. The van der Waals surface area contributed by atoms with Gasteiger partial charge in [-0.05, 0) is 274 Å². The van der Waals surface area contributed by atoms with Gasteiger partial charge in [0.1, 0.15) is 42.3 Å². The Bertz CT molecular complexity index is 4630. The van der Waals surface area contributed by atoms with Crippen molar-refractivity contribution in [2.75, 3.05) is 0 Å². The van der Waals surface area contributed by atoms with E-state index in [0.717, 1.165) is 22.4 Å². The molecule has 0 spiro atoms. The van der Waals surface area contributed by atoms with E-state index in [1.54, 1.807) is 6.07 Å². The Hall–Kier alpha value is -9.78. The van der Waals surface area contributed by atoms with Crippen molar-refractivity contribution in [3.8, 4) is 67.5 Å². The number of aromatic nitrogens is 6. The van der Waals surface area contributed by atoms with E-state index in [1.165, 1.54) is 140 Å². The van der Waals surface area contributed by atoms with Gasteiger partial charge >= 0.3 is 0 Å². The molecule has 0 saturated carbocycles. The Morgan fingerprint density at radius 3 is 0.771 bits per heavy atom. The molecular weight excluding hydrogens is 1170 g/mol. The Balaban J connectivity index is 0.000000167. The summed E-state index contributed by atoms with van der Waals surface area (Å²) < 4.78 is 35.6. The minimum atomic E-state index is -2.05. The first-order chi connectivity index (χ1) is 46.8. The first kappa shape index (κ1) is 69.1. The van der Waals surface area contributed by atoms with E-state index in [9.17, 15) is 0 Å². The van der Waals surface area contributed by atoms with Crippen molar-refractivity contribution in [2.45, 2.75) is 125 Å². The topological polar surface area (TPSA) is 23.3 Å². The van der Waals surface area contributed by atoms with Crippen LogP contribution in [0.3, 0.4) is 0 Å². The third-order valence-electron chi connectivity index (χ3n) is 18.9. The van der Waals surface area contributed by atoms with Gasteiger partial charge < -0.3 is 0 Å². The molecule has 0 N–H and O–H groups in total. The molecule has 0 fully saturated rings. The molecule has 12 aromatic rings. The van der Waals surface area contributed by atoms with Gasteiger partial charge in [-0.3, -0.25) is 0 Å². The van der Waals surface area contributed by atoms with Gasteiger partial charge in [-0.15, -0.1) is 0 Å². The lowest BCUT2D eigenvalue weighted by Gasteiger charge is -2.10. The second-order valence-electron chi connectivity index (χ2n) is 26.3. The van der Waals surface area contributed by atoms with Crippen molar-refractivity contribution in [3.05, 3.63) is 319 Å². The van der Waals surface area contributed by atoms with Crippen LogP contribution in [-0.4, -0.2) is 0 Å². The van der Waals surface area contributed by atoms with Crippen molar-refractivity contribution < 1.29 is 31.5 Å². The van der Waals surface area contributed by atoms with Crippen LogP contribution in [0.1, 0.15) is 104 Å². The summed E-state index contributed by atoms with van der Waals surface area (Å²) in [5.41, 5.74) is 37.8. The quantitative estimate of drug-likeness (QED) is 0.148. The fourth-order valence-corrected chi connectivity index (χ4v) is 12.4. The van der Waals surface area contributed by atoms with Crippen LogP contribution in [0, 0.1) is 125 Å². The molecule has 0 radical (unpaired) electrons. The molecule has 6 aromatic carbocycles. The van der Waals surface area contributed by atoms with Crippen LogP contribution < -0.4 is 27.4 Å². The number of aryl methyl sites for hydroxylation is 20. The van der Waals surface area contributed by atoms with E-state index in [2.05, 4.69) is 345 Å². The summed E-state index contributed by atoms with van der Waals surface area (Å²) in [5.74, 6) is 0. The van der Waals surface area contributed by atoms with E-state index in [1.807, 2.05) is 55.9 Å². The standard InChI is InChI=1S/6C15H18N/c2*1-11-8-9-12(2)15(13(11)3)14-7-5-6-10-16(14)4;2*1-11-9-13(3)14(10-12(11)2)15-7-5-6-8-16(15)4;2*1-11-9-12(2)13(3)14(10-11)15-7-5-6-8-16(15)4/h6*5-10H,1-4H3/q6*+1/i;;1D3;;;. The van der Waals surface area contributed by atoms with Gasteiger partial charge in [0.15, 0.2) is 37.2 Å². The van der Waals surface area contributed by atoms with E-state index in [0.29, 0.717) is 5.56 Å². The lowest BCUT2D eigenvalue weighted by molar-refractivity contribution is -0.660. The third-order valence-corrected chi connectivity index (χ3v) is 18.9. The van der Waals surface area contributed by atoms with Crippen molar-refractivity contribution in [1.29, 1.82) is 0 Å². The maximum absolute atomic E-state index is 7.56. The number of rotatable bonds is 6. The number of benzene rings is 6. The van der Waals surface area contributed by atoms with Gasteiger partial charge in [0.25, 0.3) is 0 Å². The predicted molar refractivity (Wildman–Crippen MR) is 404 cm³/mol. The van der Waals surface area contributed by atoms with Gasteiger partial charge in [0.2, 0.25) is 34.2 Å². The molecule has 0 amide bonds. The molecule has 6 aromatic heterocycles. The lowest BCUT2D eigenvalue weighted by Crippen LogP contribution is -2.30. The van der Waals surface area contributed by atoms with Gasteiger partial charge in [0, 0.05) is 99.2 Å². The number of pyridine rings is 6. The number of hydrogen-bond acceptors (Lipinski definition) is 0. The minimum Gasteiger partial charge on any atom is -0.201 e. The first-order valence-corrected chi connectivity index (χ1v) is 33.5. The second kappa shape index (κ2) is 33.6. The molecule has 0 bridgehead atoms. The maximum Gasteiger partial charge on any atom is 0.212 e. The Morgan fingerprint density at radius 2 is 0.469 bits per heavy atom. The van der Waals surface area contributed by atoms with Gasteiger partial charge in [-0.1, -0.05) is 59.7 Å². The smallest absolute Gasteiger partial charge is 0.201 e. The van der Waals surface area contributed by atoms with Crippen molar-refractivity contribution >= 4 is 0 Å². The second-order valence-corrected chi connectivity index (χ2v) is 26.3. The molecule has 0 unspecified atom stereocenters. The van der Waals surface area contributed by atoms with Crippen molar-refractivity contribution in [2.24, 2.45) is 42.3 Å². The third kappa shape index (κ3) is 18.4. The summed E-state index contributed by atoms with van der Waals surface area (Å²) >= 11 is 0. The predicted octanol–water partition coefficient (Wildman–Crippen LogP) is 18.6. The van der Waals surface area contributed by atoms with Crippen LogP contribution in [0.2, 0.25) is 0 Å². The fraction of sp³-hybridized carbons (Fsp3) is 0.267. The molecule has 492 valence electrons. The zero-order valence-electron chi connectivity index (χ0n) is 65.0. The maximum atomic E-state index is 7.56. The Labute approximate surface area is 582 Å². The van der Waals surface area contributed by atoms with Crippen LogP contribution in [0.25, 0.3) is 67.5 Å². The molecular formula is C90H108N6+6. The molecule has 0 aliphatic carbocycles. The number of hydrogen-bond donors (Lipinski definition) is 0. The van der Waals surface area contributed by atoms with E-state index in [-0.39, 0.29) is 0 Å². The molecule has 6 heterocycles. The van der Waals surface area contributed by atoms with Crippen molar-refractivity contribution in [1.82, 2.24) is 0 Å². The average molecular weight is 1280 g/mol. The molecule has 0 saturated heterocycles. The normalized spacial score (nSPS) is 11.1. The summed E-state index contributed by atoms with van der Waals surface area (Å²) in [5, 5.41) is 0. The zero-order chi connectivity index (χ0) is 72.7. The zero-order valence-corrected chi connectivity index (χ0v) is 62.0. The molecule has 6 nitrogen and oxygen atoms in total. The molecule has 0 aliphatic rings. The summed E-state index contributed by atoms with van der Waals surface area (Å²) in [6, 6.07) is 63.7. The average Bonchev–Trinajstić information content (AvgIpc) is 0.826. The number of nitrogens with zero attached hydrogens (tertiary/aromatic N) is 6. The van der Waals surface area contributed by atoms with Crippen LogP contribution in [0.4, 0.5) is 0 Å². The monoisotopic (exact) mass is 1280 g/mol. The minimum absolute atomic E-state index is 0.437. The van der Waals surface area contributed by atoms with E-state index in [4.69, 9.17) is 4.11 Å². The van der Waals surface area contributed by atoms with Crippen LogP contribution in [0.5, 0.6) is 0 Å². The fourth-order valence-electron chi connectivity index (χ4n) is 12.4. The van der Waals surface area contributed by atoms with Crippen LogP contribution in [-0.2, 0) is 42.3 Å². The highest BCUT2D eigenvalue weighted by atomic mass is 14.9. The summed E-state index contributed by atoms with van der Waals surface area (Å²) in [7, 11) is 12.4. The molecule has 12 rings (SSSR count). The molecule has 6 heteroatoms. The summed E-state index contributed by atoms with van der Waals surface area (Å²) in [4.78, 5) is 0. The van der Waals surface area contributed by atoms with Crippen molar-refractivity contribution in [3.63, 3.8) is 0 Å². The summed E-state index contributed by atoms with van der Waals surface area (Å²) in [6.07, 6.45) is 12.4. The highest BCUT2D eigenvalue weighted by Crippen LogP contribution is 2.31. The molecule has 0 atom stereocenters. The van der Waals surface area contributed by atoms with Gasteiger partial charge in [0.05, 0.1) is 11.1 Å². The summed E-state index contributed by atoms with van der Waals surface area (Å²) in [6.45, 7) is 34.4. The van der Waals surface area contributed by atoms with Gasteiger partial charge in [-0.2, -0.15) is 0 Å². The lowest BCUT2D eigenvalue weighted by atomic mass is 9.95. The largest absolute Gasteiger partial charge is 0.212 e. The van der Waals surface area contributed by atoms with Crippen LogP contribution >= 0.6 is 0 Å². The SMILES string of the molecule is Cc1cc(C)c(-c2cccc[n+]2C)cc1C.Cc1cc(C)c(C)c(-c2cccc[n+]2C)c1.Cc1cc(C)c(C)c(-c2cccc[n+]2C)c1.Cc1ccc(C)c(-c2cccc[n+]2C)c1C.Cc1ccc(C)c(-c2cccc[n+]2C)c1C.[2H]C([2H])([2H])c1cc(C)c(-c2cccc[n+]2C)cc1C. The molecule has 0 aliphatic heterocycles.